The van der Waals surface area contributed by atoms with E-state index in [1.807, 2.05) is 13.8 Å². The summed E-state index contributed by atoms with van der Waals surface area (Å²) in [6, 6.07) is 0. The zero-order valence-electron chi connectivity index (χ0n) is 11.9. The van der Waals surface area contributed by atoms with E-state index in [2.05, 4.69) is 15.1 Å². The highest BCUT2D eigenvalue weighted by molar-refractivity contribution is 5.81. The molecule has 1 saturated heterocycles. The van der Waals surface area contributed by atoms with Gasteiger partial charge >= 0.3 is 0 Å². The Balaban J connectivity index is 2.17. The standard InChI is InChI=1S/C13H20N4O2/c1-9-7-14-15-12(10(9)2)17-5-6-19-11(8-17)13(18)16(3)4/h7,11H,5-6,8H2,1-4H3. The third-order valence-electron chi connectivity index (χ3n) is 3.41. The number of likely N-dealkylation sites (N-methyl/N-ethyl adjacent to an activating group) is 1. The van der Waals surface area contributed by atoms with Crippen LogP contribution in [-0.2, 0) is 9.53 Å². The highest BCUT2D eigenvalue weighted by Gasteiger charge is 2.29. The van der Waals surface area contributed by atoms with Gasteiger partial charge in [0.2, 0.25) is 0 Å². The molecule has 0 aliphatic carbocycles. The van der Waals surface area contributed by atoms with E-state index in [9.17, 15) is 4.79 Å². The lowest BCUT2D eigenvalue weighted by Gasteiger charge is -2.34. The third-order valence-corrected chi connectivity index (χ3v) is 3.41. The summed E-state index contributed by atoms with van der Waals surface area (Å²) in [5, 5.41) is 8.19. The molecule has 6 heteroatoms. The number of aryl methyl sites for hydroxylation is 1. The molecule has 19 heavy (non-hydrogen) atoms. The van der Waals surface area contributed by atoms with E-state index in [-0.39, 0.29) is 5.91 Å². The number of rotatable bonds is 2. The molecule has 0 bridgehead atoms. The van der Waals surface area contributed by atoms with Crippen LogP contribution in [0, 0.1) is 13.8 Å². The molecular weight excluding hydrogens is 244 g/mol. The van der Waals surface area contributed by atoms with Gasteiger partial charge in [0.05, 0.1) is 19.3 Å². The van der Waals surface area contributed by atoms with Crippen LogP contribution >= 0.6 is 0 Å². The molecule has 1 aliphatic heterocycles. The zero-order valence-corrected chi connectivity index (χ0v) is 11.9. The summed E-state index contributed by atoms with van der Waals surface area (Å²) >= 11 is 0. The topological polar surface area (TPSA) is 58.6 Å². The number of morpholine rings is 1. The van der Waals surface area contributed by atoms with Crippen LogP contribution in [0.15, 0.2) is 6.20 Å². The Morgan fingerprint density at radius 3 is 2.89 bits per heavy atom. The summed E-state index contributed by atoms with van der Waals surface area (Å²) < 4.78 is 5.54. The highest BCUT2D eigenvalue weighted by Crippen LogP contribution is 2.21. The minimum Gasteiger partial charge on any atom is -0.365 e. The van der Waals surface area contributed by atoms with Crippen LogP contribution in [0.2, 0.25) is 0 Å². The Labute approximate surface area is 113 Å². The third kappa shape index (κ3) is 2.84. The molecule has 1 aromatic heterocycles. The van der Waals surface area contributed by atoms with Gasteiger partial charge in [-0.15, -0.1) is 5.10 Å². The molecule has 104 valence electrons. The van der Waals surface area contributed by atoms with Crippen molar-refractivity contribution in [3.8, 4) is 0 Å². The molecule has 0 spiro atoms. The van der Waals surface area contributed by atoms with Crippen molar-refractivity contribution < 1.29 is 9.53 Å². The smallest absolute Gasteiger partial charge is 0.253 e. The average molecular weight is 264 g/mol. The highest BCUT2D eigenvalue weighted by atomic mass is 16.5. The van der Waals surface area contributed by atoms with Crippen molar-refractivity contribution >= 4 is 11.7 Å². The van der Waals surface area contributed by atoms with Crippen LogP contribution in [0.5, 0.6) is 0 Å². The second-order valence-corrected chi connectivity index (χ2v) is 5.01. The van der Waals surface area contributed by atoms with Crippen LogP contribution in [0.25, 0.3) is 0 Å². The first-order chi connectivity index (χ1) is 9.00. The molecule has 6 nitrogen and oxygen atoms in total. The SMILES string of the molecule is Cc1cnnc(N2CCOC(C(=O)N(C)C)C2)c1C. The first-order valence-corrected chi connectivity index (χ1v) is 6.37. The van der Waals surface area contributed by atoms with Crippen molar-refractivity contribution in [3.63, 3.8) is 0 Å². The largest absolute Gasteiger partial charge is 0.365 e. The van der Waals surface area contributed by atoms with Gasteiger partial charge in [-0.05, 0) is 25.0 Å². The summed E-state index contributed by atoms with van der Waals surface area (Å²) in [5.74, 6) is 0.836. The van der Waals surface area contributed by atoms with Gasteiger partial charge in [0.1, 0.15) is 0 Å². The van der Waals surface area contributed by atoms with E-state index in [0.29, 0.717) is 13.2 Å². The second-order valence-electron chi connectivity index (χ2n) is 5.01. The molecule has 1 atom stereocenters. The molecular formula is C13H20N4O2. The van der Waals surface area contributed by atoms with Crippen molar-refractivity contribution in [3.05, 3.63) is 17.3 Å². The zero-order chi connectivity index (χ0) is 14.0. The van der Waals surface area contributed by atoms with E-state index in [1.54, 1.807) is 25.2 Å². The number of amides is 1. The van der Waals surface area contributed by atoms with Gasteiger partial charge < -0.3 is 14.5 Å². The van der Waals surface area contributed by atoms with Crippen LogP contribution in [0.4, 0.5) is 5.82 Å². The van der Waals surface area contributed by atoms with Gasteiger partial charge in [-0.1, -0.05) is 0 Å². The molecule has 0 saturated carbocycles. The van der Waals surface area contributed by atoms with Gasteiger partial charge in [0.15, 0.2) is 11.9 Å². The molecule has 1 fully saturated rings. The first kappa shape index (κ1) is 13.7. The van der Waals surface area contributed by atoms with Crippen LogP contribution in [-0.4, -0.2) is 60.9 Å². The fraction of sp³-hybridized carbons (Fsp3) is 0.615. The Morgan fingerprint density at radius 1 is 1.47 bits per heavy atom. The number of nitrogens with zero attached hydrogens (tertiary/aromatic N) is 4. The van der Waals surface area contributed by atoms with Crippen LogP contribution in [0.1, 0.15) is 11.1 Å². The van der Waals surface area contributed by atoms with Gasteiger partial charge in [-0.2, -0.15) is 5.10 Å². The fourth-order valence-electron chi connectivity index (χ4n) is 2.10. The Hall–Kier alpha value is -1.69. The van der Waals surface area contributed by atoms with Gasteiger partial charge in [-0.25, -0.2) is 0 Å². The fourth-order valence-corrected chi connectivity index (χ4v) is 2.10. The van der Waals surface area contributed by atoms with Crippen molar-refractivity contribution in [2.24, 2.45) is 0 Å². The maximum absolute atomic E-state index is 12.0. The van der Waals surface area contributed by atoms with Gasteiger partial charge in [0, 0.05) is 20.6 Å². The lowest BCUT2D eigenvalue weighted by molar-refractivity contribution is -0.141. The molecule has 0 radical (unpaired) electrons. The van der Waals surface area contributed by atoms with Crippen molar-refractivity contribution in [1.82, 2.24) is 15.1 Å². The molecule has 1 amide bonds. The first-order valence-electron chi connectivity index (χ1n) is 6.37. The summed E-state index contributed by atoms with van der Waals surface area (Å²) in [5.41, 5.74) is 2.21. The quantitative estimate of drug-likeness (QED) is 0.773. The molecule has 2 heterocycles. The van der Waals surface area contributed by atoms with Crippen molar-refractivity contribution in [2.45, 2.75) is 20.0 Å². The molecule has 0 aromatic carbocycles. The van der Waals surface area contributed by atoms with Gasteiger partial charge in [-0.3, -0.25) is 4.79 Å². The lowest BCUT2D eigenvalue weighted by atomic mass is 10.1. The number of aromatic nitrogens is 2. The maximum Gasteiger partial charge on any atom is 0.253 e. The number of ether oxygens (including phenoxy) is 1. The van der Waals surface area contributed by atoms with E-state index >= 15 is 0 Å². The minimum absolute atomic E-state index is 0.0111. The van der Waals surface area contributed by atoms with E-state index in [4.69, 9.17) is 4.74 Å². The Bertz CT molecular complexity index is 476. The van der Waals surface area contributed by atoms with Crippen LogP contribution < -0.4 is 4.90 Å². The minimum atomic E-state index is -0.425. The van der Waals surface area contributed by atoms with Crippen molar-refractivity contribution in [1.29, 1.82) is 0 Å². The summed E-state index contributed by atoms with van der Waals surface area (Å²) in [4.78, 5) is 15.6. The number of hydrogen-bond acceptors (Lipinski definition) is 5. The Kier molecular flexibility index (Phi) is 3.99. The van der Waals surface area contributed by atoms with Crippen LogP contribution in [0.3, 0.4) is 0 Å². The van der Waals surface area contributed by atoms with Gasteiger partial charge in [0.25, 0.3) is 5.91 Å². The van der Waals surface area contributed by atoms with E-state index in [1.165, 1.54) is 0 Å². The maximum atomic E-state index is 12.0. The summed E-state index contributed by atoms with van der Waals surface area (Å²) in [7, 11) is 3.48. The molecule has 2 rings (SSSR count). The summed E-state index contributed by atoms with van der Waals surface area (Å²) in [6.45, 7) is 5.82. The molecule has 0 N–H and O–H groups in total. The van der Waals surface area contributed by atoms with E-state index in [0.717, 1.165) is 23.5 Å². The second kappa shape index (κ2) is 5.52. The predicted octanol–water partition coefficient (Wildman–Crippen LogP) is 0.387. The number of anilines is 1. The number of hydrogen-bond donors (Lipinski definition) is 0. The number of carbonyl (C=O) groups is 1. The lowest BCUT2D eigenvalue weighted by Crippen LogP contribution is -2.50. The average Bonchev–Trinajstić information content (AvgIpc) is 2.41. The molecule has 1 aromatic rings. The molecule has 1 unspecified atom stereocenters. The Morgan fingerprint density at radius 2 is 2.21 bits per heavy atom. The number of carbonyl (C=O) groups excluding carboxylic acids is 1. The summed E-state index contributed by atoms with van der Waals surface area (Å²) in [6.07, 6.45) is 1.33. The monoisotopic (exact) mass is 264 g/mol. The predicted molar refractivity (Wildman–Crippen MR) is 72.2 cm³/mol. The normalized spacial score (nSPS) is 19.4. The van der Waals surface area contributed by atoms with Crippen molar-refractivity contribution in [2.75, 3.05) is 38.7 Å². The van der Waals surface area contributed by atoms with E-state index < -0.39 is 6.10 Å². The molecule has 1 aliphatic rings.